The molecule has 2 aromatic rings. The van der Waals surface area contributed by atoms with Crippen molar-refractivity contribution >= 4 is 17.3 Å². The van der Waals surface area contributed by atoms with Crippen LogP contribution in [0.3, 0.4) is 0 Å². The highest BCUT2D eigenvalue weighted by Gasteiger charge is 2.15. The Morgan fingerprint density at radius 1 is 1.04 bits per heavy atom. The van der Waals surface area contributed by atoms with Gasteiger partial charge in [0.25, 0.3) is 0 Å². The predicted octanol–water partition coefficient (Wildman–Crippen LogP) is 4.08. The molecule has 6 nitrogen and oxygen atoms in total. The van der Waals surface area contributed by atoms with Gasteiger partial charge in [-0.1, -0.05) is 6.92 Å². The first-order valence-corrected chi connectivity index (χ1v) is 9.84. The zero-order chi connectivity index (χ0) is 19.6. The van der Waals surface area contributed by atoms with Crippen LogP contribution < -0.4 is 20.1 Å². The van der Waals surface area contributed by atoms with Crippen LogP contribution >= 0.6 is 0 Å². The van der Waals surface area contributed by atoms with Crippen molar-refractivity contribution in [3.05, 3.63) is 48.5 Å². The van der Waals surface area contributed by atoms with Gasteiger partial charge in [0.1, 0.15) is 18.1 Å². The fourth-order valence-corrected chi connectivity index (χ4v) is 2.88. The van der Waals surface area contributed by atoms with Gasteiger partial charge in [-0.2, -0.15) is 0 Å². The van der Waals surface area contributed by atoms with E-state index in [4.69, 9.17) is 14.2 Å². The number of carbonyl (C=O) groups excluding carboxylic acids is 1. The fraction of sp³-hybridized carbons (Fsp3) is 0.409. The van der Waals surface area contributed by atoms with E-state index >= 15 is 0 Å². The zero-order valence-corrected chi connectivity index (χ0v) is 16.3. The summed E-state index contributed by atoms with van der Waals surface area (Å²) in [6.07, 6.45) is 3.32. The Morgan fingerprint density at radius 3 is 2.36 bits per heavy atom. The highest BCUT2D eigenvalue weighted by Crippen LogP contribution is 2.19. The van der Waals surface area contributed by atoms with E-state index in [-0.39, 0.29) is 18.6 Å². The van der Waals surface area contributed by atoms with Crippen LogP contribution in [-0.4, -0.2) is 38.4 Å². The summed E-state index contributed by atoms with van der Waals surface area (Å²) in [5.41, 5.74) is 1.61. The first kappa shape index (κ1) is 20.0. The molecule has 150 valence electrons. The lowest BCUT2D eigenvalue weighted by Crippen LogP contribution is -2.21. The van der Waals surface area contributed by atoms with E-state index < -0.39 is 0 Å². The molecule has 1 atom stereocenters. The van der Waals surface area contributed by atoms with Crippen molar-refractivity contribution in [3.63, 3.8) is 0 Å². The number of ether oxygens (including phenoxy) is 3. The fourth-order valence-electron chi connectivity index (χ4n) is 2.88. The molecule has 1 amide bonds. The van der Waals surface area contributed by atoms with E-state index in [9.17, 15) is 4.79 Å². The van der Waals surface area contributed by atoms with Crippen LogP contribution in [-0.2, 0) is 9.53 Å². The monoisotopic (exact) mass is 384 g/mol. The first-order chi connectivity index (χ1) is 13.7. The molecule has 0 bridgehead atoms. The minimum atomic E-state index is -0.112. The van der Waals surface area contributed by atoms with Crippen LogP contribution in [0.2, 0.25) is 0 Å². The number of benzene rings is 2. The van der Waals surface area contributed by atoms with E-state index in [0.717, 1.165) is 48.7 Å². The molecule has 0 aromatic heterocycles. The zero-order valence-electron chi connectivity index (χ0n) is 16.3. The van der Waals surface area contributed by atoms with Crippen molar-refractivity contribution in [3.8, 4) is 11.5 Å². The Bertz CT molecular complexity index is 725. The van der Waals surface area contributed by atoms with Crippen molar-refractivity contribution in [1.29, 1.82) is 0 Å². The van der Waals surface area contributed by atoms with Crippen molar-refractivity contribution in [1.82, 2.24) is 0 Å². The minimum absolute atomic E-state index is 0.112. The average molecular weight is 384 g/mol. The Kier molecular flexibility index (Phi) is 7.55. The highest BCUT2D eigenvalue weighted by atomic mass is 16.5. The van der Waals surface area contributed by atoms with Crippen molar-refractivity contribution in [2.45, 2.75) is 32.3 Å². The largest absolute Gasteiger partial charge is 0.494 e. The molecule has 1 heterocycles. The third kappa shape index (κ3) is 6.46. The summed E-state index contributed by atoms with van der Waals surface area (Å²) in [7, 11) is 0. The maximum Gasteiger partial charge on any atom is 0.243 e. The summed E-state index contributed by atoms with van der Waals surface area (Å²) in [5.74, 6) is 1.50. The summed E-state index contributed by atoms with van der Waals surface area (Å²) in [5, 5.41) is 5.97. The van der Waals surface area contributed by atoms with Crippen molar-refractivity contribution in [2.24, 2.45) is 0 Å². The quantitative estimate of drug-likeness (QED) is 0.646. The topological polar surface area (TPSA) is 68.8 Å². The summed E-state index contributed by atoms with van der Waals surface area (Å²) in [4.78, 5) is 12.1. The molecule has 1 fully saturated rings. The molecular formula is C22H28N2O4. The maximum absolute atomic E-state index is 12.1. The van der Waals surface area contributed by atoms with E-state index in [0.29, 0.717) is 13.2 Å². The van der Waals surface area contributed by atoms with Crippen LogP contribution in [0, 0.1) is 0 Å². The standard InChI is InChI=1S/C22H28N2O4/c1-2-13-26-19-9-5-17(6-10-19)23-15-22(25)24-18-7-11-20(12-8-18)28-16-21-4-3-14-27-21/h5-12,21,23H,2-4,13-16H2,1H3,(H,24,25). The molecule has 0 spiro atoms. The molecule has 1 unspecified atom stereocenters. The second-order valence-corrected chi connectivity index (χ2v) is 6.74. The maximum atomic E-state index is 12.1. The van der Waals surface area contributed by atoms with Gasteiger partial charge < -0.3 is 24.8 Å². The predicted molar refractivity (Wildman–Crippen MR) is 110 cm³/mol. The van der Waals surface area contributed by atoms with Gasteiger partial charge in [0.15, 0.2) is 0 Å². The molecule has 28 heavy (non-hydrogen) atoms. The minimum Gasteiger partial charge on any atom is -0.494 e. The Morgan fingerprint density at radius 2 is 1.71 bits per heavy atom. The van der Waals surface area contributed by atoms with E-state index in [1.807, 2.05) is 48.5 Å². The molecular weight excluding hydrogens is 356 g/mol. The smallest absolute Gasteiger partial charge is 0.243 e. The molecule has 0 radical (unpaired) electrons. The summed E-state index contributed by atoms with van der Waals surface area (Å²) < 4.78 is 16.8. The molecule has 2 N–H and O–H groups in total. The second-order valence-electron chi connectivity index (χ2n) is 6.74. The Hall–Kier alpha value is -2.73. The summed E-state index contributed by atoms with van der Waals surface area (Å²) >= 11 is 0. The molecule has 1 aliphatic rings. The van der Waals surface area contributed by atoms with Gasteiger partial charge in [0.05, 0.1) is 19.3 Å². The summed E-state index contributed by atoms with van der Waals surface area (Å²) in [6.45, 7) is 4.35. The van der Waals surface area contributed by atoms with Gasteiger partial charge in [-0.15, -0.1) is 0 Å². The number of nitrogens with one attached hydrogen (secondary N) is 2. The van der Waals surface area contributed by atoms with Crippen molar-refractivity contribution in [2.75, 3.05) is 37.0 Å². The molecule has 3 rings (SSSR count). The van der Waals surface area contributed by atoms with Crippen LogP contribution in [0.4, 0.5) is 11.4 Å². The number of hydrogen-bond donors (Lipinski definition) is 2. The number of hydrogen-bond acceptors (Lipinski definition) is 5. The number of carbonyl (C=O) groups is 1. The average Bonchev–Trinajstić information content (AvgIpc) is 3.25. The lowest BCUT2D eigenvalue weighted by Gasteiger charge is -2.12. The Labute approximate surface area is 166 Å². The summed E-state index contributed by atoms with van der Waals surface area (Å²) in [6, 6.07) is 15.0. The lowest BCUT2D eigenvalue weighted by atomic mass is 10.2. The van der Waals surface area contributed by atoms with Gasteiger partial charge in [-0.3, -0.25) is 4.79 Å². The van der Waals surface area contributed by atoms with E-state index in [2.05, 4.69) is 17.6 Å². The number of amides is 1. The van der Waals surface area contributed by atoms with E-state index in [1.165, 1.54) is 0 Å². The molecule has 1 aliphatic heterocycles. The van der Waals surface area contributed by atoms with Crippen LogP contribution in [0.25, 0.3) is 0 Å². The third-order valence-corrected chi connectivity index (χ3v) is 4.38. The van der Waals surface area contributed by atoms with Crippen LogP contribution in [0.1, 0.15) is 26.2 Å². The number of rotatable bonds is 10. The van der Waals surface area contributed by atoms with Crippen LogP contribution in [0.15, 0.2) is 48.5 Å². The van der Waals surface area contributed by atoms with E-state index in [1.54, 1.807) is 0 Å². The normalized spacial score (nSPS) is 15.8. The Balaban J connectivity index is 1.39. The molecule has 0 saturated carbocycles. The number of anilines is 2. The lowest BCUT2D eigenvalue weighted by molar-refractivity contribution is -0.114. The molecule has 1 saturated heterocycles. The van der Waals surface area contributed by atoms with Gasteiger partial charge in [0, 0.05) is 18.0 Å². The second kappa shape index (κ2) is 10.6. The van der Waals surface area contributed by atoms with Gasteiger partial charge in [-0.25, -0.2) is 0 Å². The third-order valence-electron chi connectivity index (χ3n) is 4.38. The molecule has 2 aromatic carbocycles. The molecule has 0 aliphatic carbocycles. The van der Waals surface area contributed by atoms with Crippen molar-refractivity contribution < 1.29 is 19.0 Å². The highest BCUT2D eigenvalue weighted by molar-refractivity contribution is 5.93. The first-order valence-electron chi connectivity index (χ1n) is 9.84. The van der Waals surface area contributed by atoms with Gasteiger partial charge >= 0.3 is 0 Å². The molecule has 6 heteroatoms. The van der Waals surface area contributed by atoms with Crippen LogP contribution in [0.5, 0.6) is 11.5 Å². The van der Waals surface area contributed by atoms with Gasteiger partial charge in [0.2, 0.25) is 5.91 Å². The van der Waals surface area contributed by atoms with Gasteiger partial charge in [-0.05, 0) is 67.8 Å². The SMILES string of the molecule is CCCOc1ccc(NCC(=O)Nc2ccc(OCC3CCCO3)cc2)cc1.